The Kier molecular flexibility index (Phi) is 4.55. The van der Waals surface area contributed by atoms with E-state index in [1.165, 1.54) is 24.3 Å². The summed E-state index contributed by atoms with van der Waals surface area (Å²) in [6.45, 7) is 0. The molecule has 19 heavy (non-hydrogen) atoms. The maximum Gasteiger partial charge on any atom is 0.142 e. The zero-order valence-electron chi connectivity index (χ0n) is 9.84. The SMILES string of the molecule is NC(Cc1ccc(Cl)c(F)c1)c1cc(F)ccc1Br. The highest BCUT2D eigenvalue weighted by atomic mass is 79.9. The van der Waals surface area contributed by atoms with Crippen molar-refractivity contribution < 1.29 is 8.78 Å². The van der Waals surface area contributed by atoms with E-state index in [2.05, 4.69) is 15.9 Å². The topological polar surface area (TPSA) is 26.0 Å². The highest BCUT2D eigenvalue weighted by molar-refractivity contribution is 9.10. The molecule has 2 rings (SSSR count). The minimum absolute atomic E-state index is 0.0734. The summed E-state index contributed by atoms with van der Waals surface area (Å²) in [6, 6.07) is 8.44. The van der Waals surface area contributed by atoms with Crippen LogP contribution in [0.4, 0.5) is 8.78 Å². The quantitative estimate of drug-likeness (QED) is 0.862. The van der Waals surface area contributed by atoms with Crippen LogP contribution in [0.2, 0.25) is 5.02 Å². The molecule has 1 nitrogen and oxygen atoms in total. The van der Waals surface area contributed by atoms with Gasteiger partial charge in [-0.25, -0.2) is 8.78 Å². The molecule has 2 aromatic rings. The number of rotatable bonds is 3. The normalized spacial score (nSPS) is 12.5. The van der Waals surface area contributed by atoms with E-state index in [1.807, 2.05) is 0 Å². The zero-order chi connectivity index (χ0) is 14.0. The van der Waals surface area contributed by atoms with Crippen molar-refractivity contribution >= 4 is 27.5 Å². The van der Waals surface area contributed by atoms with Gasteiger partial charge in [0.1, 0.15) is 11.6 Å². The van der Waals surface area contributed by atoms with Gasteiger partial charge in [-0.05, 0) is 47.9 Å². The summed E-state index contributed by atoms with van der Waals surface area (Å²) in [6.07, 6.45) is 0.399. The molecule has 0 saturated carbocycles. The van der Waals surface area contributed by atoms with Gasteiger partial charge in [0.2, 0.25) is 0 Å². The van der Waals surface area contributed by atoms with Crippen LogP contribution < -0.4 is 5.73 Å². The van der Waals surface area contributed by atoms with E-state index in [-0.39, 0.29) is 10.8 Å². The summed E-state index contributed by atoms with van der Waals surface area (Å²) in [5.74, 6) is -0.833. The van der Waals surface area contributed by atoms with Crippen molar-refractivity contribution in [2.75, 3.05) is 0 Å². The van der Waals surface area contributed by atoms with E-state index in [0.717, 1.165) is 4.47 Å². The standard InChI is InChI=1S/C14H11BrClF2N/c15-11-3-2-9(17)7-10(11)14(19)6-8-1-4-12(16)13(18)5-8/h1-5,7,14H,6,19H2. The Bertz CT molecular complexity index is 604. The maximum atomic E-state index is 13.3. The van der Waals surface area contributed by atoms with Crippen molar-refractivity contribution in [1.82, 2.24) is 0 Å². The summed E-state index contributed by atoms with van der Waals surface area (Å²) < 4.78 is 27.3. The van der Waals surface area contributed by atoms with Crippen molar-refractivity contribution in [3.05, 3.63) is 68.7 Å². The molecule has 0 radical (unpaired) electrons. The minimum atomic E-state index is -0.482. The first-order valence-corrected chi connectivity index (χ1v) is 6.79. The summed E-state index contributed by atoms with van der Waals surface area (Å²) >= 11 is 8.95. The van der Waals surface area contributed by atoms with Gasteiger partial charge < -0.3 is 5.73 Å². The third-order valence-electron chi connectivity index (χ3n) is 2.80. The molecule has 1 atom stereocenters. The average Bonchev–Trinajstić information content (AvgIpc) is 2.36. The Balaban J connectivity index is 2.22. The average molecular weight is 347 g/mol. The van der Waals surface area contributed by atoms with Gasteiger partial charge in [-0.3, -0.25) is 0 Å². The Morgan fingerprint density at radius 2 is 1.89 bits per heavy atom. The molecule has 0 aliphatic carbocycles. The summed E-state index contributed by atoms with van der Waals surface area (Å²) in [4.78, 5) is 0. The molecule has 0 amide bonds. The van der Waals surface area contributed by atoms with Crippen LogP contribution in [0.15, 0.2) is 40.9 Å². The summed E-state index contributed by atoms with van der Waals surface area (Å²) in [7, 11) is 0. The van der Waals surface area contributed by atoms with Gasteiger partial charge in [-0.1, -0.05) is 33.6 Å². The number of hydrogen-bond donors (Lipinski definition) is 1. The van der Waals surface area contributed by atoms with E-state index >= 15 is 0 Å². The van der Waals surface area contributed by atoms with Gasteiger partial charge in [0.15, 0.2) is 0 Å². The van der Waals surface area contributed by atoms with Crippen LogP contribution in [-0.4, -0.2) is 0 Å². The first-order chi connectivity index (χ1) is 8.97. The molecule has 2 N–H and O–H groups in total. The largest absolute Gasteiger partial charge is 0.324 e. The van der Waals surface area contributed by atoms with Crippen LogP contribution >= 0.6 is 27.5 Å². The van der Waals surface area contributed by atoms with Crippen molar-refractivity contribution in [1.29, 1.82) is 0 Å². The van der Waals surface area contributed by atoms with E-state index < -0.39 is 11.9 Å². The van der Waals surface area contributed by atoms with E-state index in [1.54, 1.807) is 12.1 Å². The van der Waals surface area contributed by atoms with Gasteiger partial charge in [-0.2, -0.15) is 0 Å². The summed E-state index contributed by atoms with van der Waals surface area (Å²) in [5, 5.41) is 0.0734. The number of nitrogens with two attached hydrogens (primary N) is 1. The molecule has 2 aromatic carbocycles. The van der Waals surface area contributed by atoms with E-state index in [0.29, 0.717) is 17.5 Å². The number of halogens is 4. The van der Waals surface area contributed by atoms with Crippen molar-refractivity contribution in [3.63, 3.8) is 0 Å². The zero-order valence-corrected chi connectivity index (χ0v) is 12.2. The monoisotopic (exact) mass is 345 g/mol. The number of hydrogen-bond acceptors (Lipinski definition) is 1. The molecule has 0 aliphatic heterocycles. The predicted octanol–water partition coefficient (Wildman–Crippen LogP) is 4.62. The molecule has 0 spiro atoms. The smallest absolute Gasteiger partial charge is 0.142 e. The Hall–Kier alpha value is -0.970. The minimum Gasteiger partial charge on any atom is -0.324 e. The predicted molar refractivity (Wildman–Crippen MR) is 76.1 cm³/mol. The maximum absolute atomic E-state index is 13.3. The van der Waals surface area contributed by atoms with Gasteiger partial charge in [0.25, 0.3) is 0 Å². The molecule has 100 valence electrons. The molecule has 0 aromatic heterocycles. The van der Waals surface area contributed by atoms with Gasteiger partial charge in [-0.15, -0.1) is 0 Å². The van der Waals surface area contributed by atoms with Crippen LogP contribution in [0.5, 0.6) is 0 Å². The lowest BCUT2D eigenvalue weighted by molar-refractivity contribution is 0.613. The molecule has 0 fully saturated rings. The highest BCUT2D eigenvalue weighted by Gasteiger charge is 2.13. The molecule has 0 heterocycles. The molecule has 5 heteroatoms. The van der Waals surface area contributed by atoms with Gasteiger partial charge in [0.05, 0.1) is 5.02 Å². The van der Waals surface area contributed by atoms with Crippen LogP contribution in [0.3, 0.4) is 0 Å². The first-order valence-electron chi connectivity index (χ1n) is 5.62. The first kappa shape index (κ1) is 14.4. The lowest BCUT2D eigenvalue weighted by atomic mass is 9.99. The fourth-order valence-electron chi connectivity index (χ4n) is 1.83. The van der Waals surface area contributed by atoms with Crippen LogP contribution in [-0.2, 0) is 6.42 Å². The third-order valence-corrected chi connectivity index (χ3v) is 3.83. The van der Waals surface area contributed by atoms with Crippen molar-refractivity contribution in [2.45, 2.75) is 12.5 Å². The second-order valence-electron chi connectivity index (χ2n) is 4.22. The van der Waals surface area contributed by atoms with E-state index in [9.17, 15) is 8.78 Å². The van der Waals surface area contributed by atoms with Gasteiger partial charge in [0, 0.05) is 10.5 Å². The highest BCUT2D eigenvalue weighted by Crippen LogP contribution is 2.26. The molecule has 0 bridgehead atoms. The fraction of sp³-hybridized carbons (Fsp3) is 0.143. The number of benzene rings is 2. The van der Waals surface area contributed by atoms with Gasteiger partial charge >= 0.3 is 0 Å². The molecular formula is C14H11BrClF2N. The van der Waals surface area contributed by atoms with Crippen LogP contribution in [0, 0.1) is 11.6 Å². The second-order valence-corrected chi connectivity index (χ2v) is 5.49. The third kappa shape index (κ3) is 3.53. The second kappa shape index (κ2) is 5.99. The van der Waals surface area contributed by atoms with Crippen molar-refractivity contribution in [3.8, 4) is 0 Å². The summed E-state index contributed by atoms with van der Waals surface area (Å²) in [5.41, 5.74) is 7.39. The Morgan fingerprint density at radius 1 is 1.16 bits per heavy atom. The van der Waals surface area contributed by atoms with Crippen LogP contribution in [0.25, 0.3) is 0 Å². The van der Waals surface area contributed by atoms with E-state index in [4.69, 9.17) is 17.3 Å². The van der Waals surface area contributed by atoms with Crippen molar-refractivity contribution in [2.24, 2.45) is 5.73 Å². The fourth-order valence-corrected chi connectivity index (χ4v) is 2.49. The Labute approximate surface area is 123 Å². The molecule has 0 saturated heterocycles. The lowest BCUT2D eigenvalue weighted by Crippen LogP contribution is -2.14. The van der Waals surface area contributed by atoms with Crippen LogP contribution in [0.1, 0.15) is 17.2 Å². The Morgan fingerprint density at radius 3 is 2.58 bits per heavy atom. The lowest BCUT2D eigenvalue weighted by Gasteiger charge is -2.14. The molecule has 0 aliphatic rings. The molecular weight excluding hydrogens is 336 g/mol. The molecule has 1 unspecified atom stereocenters.